The minimum atomic E-state index is 0.0159. The summed E-state index contributed by atoms with van der Waals surface area (Å²) in [6.07, 6.45) is 1.04. The summed E-state index contributed by atoms with van der Waals surface area (Å²) in [6.45, 7) is 9.95. The van der Waals surface area contributed by atoms with Crippen molar-refractivity contribution in [1.29, 1.82) is 0 Å². The Balaban J connectivity index is 0.000000741. The van der Waals surface area contributed by atoms with Gasteiger partial charge in [0, 0.05) is 25.7 Å². The van der Waals surface area contributed by atoms with Gasteiger partial charge in [0.05, 0.1) is 0 Å². The molecule has 0 bridgehead atoms. The zero-order valence-electron chi connectivity index (χ0n) is 13.2. The maximum Gasteiger partial charge on any atom is 0.251 e. The third kappa shape index (κ3) is 4.67. The van der Waals surface area contributed by atoms with Crippen LogP contribution in [-0.2, 0) is 13.0 Å². The van der Waals surface area contributed by atoms with Crippen LogP contribution in [0.2, 0.25) is 0 Å². The number of hydrogen-bond acceptors (Lipinski definition) is 2. The zero-order chi connectivity index (χ0) is 14.8. The molecule has 3 nitrogen and oxygen atoms in total. The smallest absolute Gasteiger partial charge is 0.251 e. The van der Waals surface area contributed by atoms with Gasteiger partial charge in [-0.3, -0.25) is 4.79 Å². The van der Waals surface area contributed by atoms with E-state index in [1.165, 1.54) is 11.1 Å². The molecule has 1 aromatic rings. The predicted molar refractivity (Wildman–Crippen MR) is 82.6 cm³/mol. The SMILES string of the molecule is CC.CC.CNC(=O)c1cccc2c1CN(C)CC2. The van der Waals surface area contributed by atoms with E-state index in [2.05, 4.69) is 23.3 Å². The van der Waals surface area contributed by atoms with Gasteiger partial charge in [0.1, 0.15) is 0 Å². The number of benzene rings is 1. The van der Waals surface area contributed by atoms with Crippen molar-refractivity contribution >= 4 is 5.91 Å². The van der Waals surface area contributed by atoms with Crippen LogP contribution < -0.4 is 5.32 Å². The van der Waals surface area contributed by atoms with Crippen molar-refractivity contribution in [3.05, 3.63) is 34.9 Å². The number of rotatable bonds is 1. The summed E-state index contributed by atoms with van der Waals surface area (Å²) in [4.78, 5) is 13.9. The highest BCUT2D eigenvalue weighted by molar-refractivity contribution is 5.95. The van der Waals surface area contributed by atoms with Crippen molar-refractivity contribution in [3.63, 3.8) is 0 Å². The molecule has 0 aliphatic carbocycles. The fourth-order valence-electron chi connectivity index (χ4n) is 2.06. The summed E-state index contributed by atoms with van der Waals surface area (Å²) >= 11 is 0. The number of carbonyl (C=O) groups excluding carboxylic acids is 1. The van der Waals surface area contributed by atoms with Gasteiger partial charge in [-0.15, -0.1) is 0 Å². The van der Waals surface area contributed by atoms with Crippen molar-refractivity contribution in [2.75, 3.05) is 20.6 Å². The molecule has 0 saturated carbocycles. The Hall–Kier alpha value is -1.35. The monoisotopic (exact) mass is 264 g/mol. The number of likely N-dealkylation sites (N-methyl/N-ethyl adjacent to an activating group) is 1. The molecule has 1 N–H and O–H groups in total. The fourth-order valence-corrected chi connectivity index (χ4v) is 2.06. The van der Waals surface area contributed by atoms with Gasteiger partial charge in [-0.1, -0.05) is 39.8 Å². The summed E-state index contributed by atoms with van der Waals surface area (Å²) in [5, 5.41) is 2.69. The van der Waals surface area contributed by atoms with Crippen molar-refractivity contribution in [2.45, 2.75) is 40.7 Å². The van der Waals surface area contributed by atoms with Gasteiger partial charge in [-0.05, 0) is 30.7 Å². The molecule has 1 aliphatic rings. The van der Waals surface area contributed by atoms with Crippen molar-refractivity contribution in [2.24, 2.45) is 0 Å². The van der Waals surface area contributed by atoms with Gasteiger partial charge in [-0.2, -0.15) is 0 Å². The summed E-state index contributed by atoms with van der Waals surface area (Å²) < 4.78 is 0. The van der Waals surface area contributed by atoms with E-state index in [0.29, 0.717) is 0 Å². The molecule has 0 saturated heterocycles. The van der Waals surface area contributed by atoms with Crippen LogP contribution in [0.15, 0.2) is 18.2 Å². The number of amides is 1. The Morgan fingerprint density at radius 1 is 1.21 bits per heavy atom. The standard InChI is InChI=1S/C12H16N2O.2C2H6/c1-13-12(15)10-5-3-4-9-6-7-14(2)8-11(9)10;2*1-2/h3-5H,6-8H2,1-2H3,(H,13,15);2*1-2H3. The molecule has 0 fully saturated rings. The lowest BCUT2D eigenvalue weighted by Crippen LogP contribution is -2.30. The number of hydrogen-bond donors (Lipinski definition) is 1. The van der Waals surface area contributed by atoms with Gasteiger partial charge < -0.3 is 10.2 Å². The normalized spacial score (nSPS) is 13.2. The molecular formula is C16H28N2O. The van der Waals surface area contributed by atoms with E-state index in [4.69, 9.17) is 0 Å². The van der Waals surface area contributed by atoms with E-state index in [-0.39, 0.29) is 5.91 Å². The van der Waals surface area contributed by atoms with E-state index >= 15 is 0 Å². The van der Waals surface area contributed by atoms with E-state index in [1.807, 2.05) is 39.8 Å². The molecule has 1 amide bonds. The number of nitrogens with one attached hydrogen (secondary N) is 1. The van der Waals surface area contributed by atoms with Gasteiger partial charge >= 0.3 is 0 Å². The predicted octanol–water partition coefficient (Wildman–Crippen LogP) is 3.09. The van der Waals surface area contributed by atoms with Crippen LogP contribution in [0, 0.1) is 0 Å². The minimum Gasteiger partial charge on any atom is -0.355 e. The Kier molecular flexibility index (Phi) is 8.88. The molecular weight excluding hydrogens is 236 g/mol. The Morgan fingerprint density at radius 3 is 2.42 bits per heavy atom. The van der Waals surface area contributed by atoms with Crippen molar-refractivity contribution in [1.82, 2.24) is 10.2 Å². The molecule has 1 aliphatic heterocycles. The maximum atomic E-state index is 11.7. The number of nitrogens with zero attached hydrogens (tertiary/aromatic N) is 1. The topological polar surface area (TPSA) is 32.3 Å². The van der Waals surface area contributed by atoms with Crippen LogP contribution in [0.3, 0.4) is 0 Å². The molecule has 3 heteroatoms. The van der Waals surface area contributed by atoms with Crippen LogP contribution >= 0.6 is 0 Å². The first-order chi connectivity index (χ1) is 9.22. The maximum absolute atomic E-state index is 11.7. The fraction of sp³-hybridized carbons (Fsp3) is 0.562. The lowest BCUT2D eigenvalue weighted by atomic mass is 9.95. The van der Waals surface area contributed by atoms with E-state index < -0.39 is 0 Å². The summed E-state index contributed by atoms with van der Waals surface area (Å²) in [6, 6.07) is 5.99. The second-order valence-electron chi connectivity index (χ2n) is 4.01. The number of fused-ring (bicyclic) bond motifs is 1. The van der Waals surface area contributed by atoms with Gasteiger partial charge in [-0.25, -0.2) is 0 Å². The largest absolute Gasteiger partial charge is 0.355 e. The lowest BCUT2D eigenvalue weighted by Gasteiger charge is -2.26. The molecule has 2 rings (SSSR count). The molecule has 19 heavy (non-hydrogen) atoms. The van der Waals surface area contributed by atoms with Gasteiger partial charge in [0.15, 0.2) is 0 Å². The summed E-state index contributed by atoms with van der Waals surface area (Å²) in [5.41, 5.74) is 3.32. The van der Waals surface area contributed by atoms with Gasteiger partial charge in [0.2, 0.25) is 0 Å². The molecule has 0 atom stereocenters. The third-order valence-electron chi connectivity index (χ3n) is 2.94. The van der Waals surface area contributed by atoms with E-state index in [0.717, 1.165) is 25.1 Å². The summed E-state index contributed by atoms with van der Waals surface area (Å²) in [7, 11) is 3.76. The summed E-state index contributed by atoms with van der Waals surface area (Å²) in [5.74, 6) is 0.0159. The molecule has 0 radical (unpaired) electrons. The molecule has 0 spiro atoms. The molecule has 0 unspecified atom stereocenters. The highest BCUT2D eigenvalue weighted by Crippen LogP contribution is 2.21. The highest BCUT2D eigenvalue weighted by Gasteiger charge is 2.18. The average molecular weight is 264 g/mol. The first-order valence-electron chi connectivity index (χ1n) is 7.23. The lowest BCUT2D eigenvalue weighted by molar-refractivity contribution is 0.0960. The average Bonchev–Trinajstić information content (AvgIpc) is 2.50. The van der Waals surface area contributed by atoms with E-state index in [1.54, 1.807) is 7.05 Å². The Labute approximate surface area is 118 Å². The van der Waals surface area contributed by atoms with Crippen LogP contribution in [0.25, 0.3) is 0 Å². The van der Waals surface area contributed by atoms with Crippen molar-refractivity contribution < 1.29 is 4.79 Å². The zero-order valence-corrected chi connectivity index (χ0v) is 13.2. The van der Waals surface area contributed by atoms with E-state index in [9.17, 15) is 4.79 Å². The second-order valence-corrected chi connectivity index (χ2v) is 4.01. The third-order valence-corrected chi connectivity index (χ3v) is 2.94. The first kappa shape index (κ1) is 17.6. The quantitative estimate of drug-likeness (QED) is 0.845. The Bertz CT molecular complexity index is 388. The molecule has 1 aromatic carbocycles. The van der Waals surface area contributed by atoms with Gasteiger partial charge in [0.25, 0.3) is 5.91 Å². The number of carbonyl (C=O) groups is 1. The highest BCUT2D eigenvalue weighted by atomic mass is 16.1. The van der Waals surface area contributed by atoms with Crippen LogP contribution in [0.1, 0.15) is 49.2 Å². The van der Waals surface area contributed by atoms with Crippen LogP contribution in [0.4, 0.5) is 0 Å². The Morgan fingerprint density at radius 2 is 1.84 bits per heavy atom. The minimum absolute atomic E-state index is 0.0159. The van der Waals surface area contributed by atoms with Crippen LogP contribution in [0.5, 0.6) is 0 Å². The molecule has 0 aromatic heterocycles. The second kappa shape index (κ2) is 9.56. The van der Waals surface area contributed by atoms with Crippen LogP contribution in [-0.4, -0.2) is 31.4 Å². The molecule has 1 heterocycles. The molecule has 108 valence electrons. The van der Waals surface area contributed by atoms with Crippen molar-refractivity contribution in [3.8, 4) is 0 Å². The first-order valence-corrected chi connectivity index (χ1v) is 7.23.